The van der Waals surface area contributed by atoms with E-state index in [1.54, 1.807) is 6.20 Å². The second-order valence-electron chi connectivity index (χ2n) is 7.72. The number of carbonyl (C=O) groups is 1. The minimum absolute atomic E-state index is 0.313. The Morgan fingerprint density at radius 2 is 2.17 bits per heavy atom. The number of oxime groups is 1. The molecule has 30 heavy (non-hydrogen) atoms. The molecule has 1 N–H and O–H groups in total. The van der Waals surface area contributed by atoms with E-state index in [-0.39, 0.29) is 6.61 Å². The van der Waals surface area contributed by atoms with Crippen molar-refractivity contribution in [3.63, 3.8) is 0 Å². The van der Waals surface area contributed by atoms with E-state index in [0.29, 0.717) is 18.3 Å². The number of nitrogens with zero attached hydrogens (tertiary/aromatic N) is 2. The number of rotatable bonds is 11. The number of carboxylic acids is 1. The highest BCUT2D eigenvalue weighted by molar-refractivity contribution is 5.99. The van der Waals surface area contributed by atoms with Gasteiger partial charge in [0.25, 0.3) is 0 Å². The van der Waals surface area contributed by atoms with E-state index in [1.165, 1.54) is 18.4 Å². The number of hydrogen-bond donors (Lipinski definition) is 1. The summed E-state index contributed by atoms with van der Waals surface area (Å²) in [6.45, 7) is 2.44. The van der Waals surface area contributed by atoms with Crippen molar-refractivity contribution in [3.8, 4) is 5.75 Å². The molecular weight excluding hydrogens is 380 g/mol. The first-order valence-corrected chi connectivity index (χ1v) is 10.7. The van der Waals surface area contributed by atoms with Crippen LogP contribution in [0.5, 0.6) is 5.75 Å². The quantitative estimate of drug-likeness (QED) is 0.331. The van der Waals surface area contributed by atoms with Crippen LogP contribution in [0.15, 0.2) is 47.9 Å². The number of ether oxygens (including phenoxy) is 1. The summed E-state index contributed by atoms with van der Waals surface area (Å²) in [5.74, 6) is 0.0970. The molecule has 1 aliphatic rings. The molecule has 0 bridgehead atoms. The predicted octanol–water partition coefficient (Wildman–Crippen LogP) is 4.65. The van der Waals surface area contributed by atoms with E-state index in [4.69, 9.17) is 14.7 Å². The molecule has 0 fully saturated rings. The Hall–Kier alpha value is -2.89. The lowest BCUT2D eigenvalue weighted by atomic mass is 9.84. The monoisotopic (exact) mass is 410 g/mol. The number of pyridine rings is 1. The number of aromatic nitrogens is 1. The topological polar surface area (TPSA) is 81.0 Å². The summed E-state index contributed by atoms with van der Waals surface area (Å²) in [5, 5.41) is 13.3. The third-order valence-electron chi connectivity index (χ3n) is 5.39. The smallest absolute Gasteiger partial charge is 0.341 e. The van der Waals surface area contributed by atoms with E-state index in [1.807, 2.05) is 30.5 Å². The van der Waals surface area contributed by atoms with Gasteiger partial charge in [-0.15, -0.1) is 0 Å². The third-order valence-corrected chi connectivity index (χ3v) is 5.39. The predicted molar refractivity (Wildman–Crippen MR) is 116 cm³/mol. The van der Waals surface area contributed by atoms with Crippen molar-refractivity contribution in [2.75, 3.05) is 13.2 Å². The second kappa shape index (κ2) is 11.3. The van der Waals surface area contributed by atoms with Gasteiger partial charge in [0, 0.05) is 23.9 Å². The summed E-state index contributed by atoms with van der Waals surface area (Å²) in [5.41, 5.74) is 4.30. The van der Waals surface area contributed by atoms with E-state index in [2.05, 4.69) is 23.1 Å². The first kappa shape index (κ1) is 21.8. The molecule has 0 radical (unpaired) electrons. The van der Waals surface area contributed by atoms with Crippen molar-refractivity contribution in [1.82, 2.24) is 4.98 Å². The number of carboxylic acid groups (broad SMARTS) is 1. The molecule has 3 rings (SSSR count). The van der Waals surface area contributed by atoms with Gasteiger partial charge in [-0.1, -0.05) is 37.1 Å². The van der Waals surface area contributed by atoms with E-state index < -0.39 is 5.97 Å². The van der Waals surface area contributed by atoms with E-state index >= 15 is 0 Å². The standard InChI is InChI=1S/C24H30N2O4/c1-2-3-4-9-22(20-8-6-13-25-15-20)26-30-16-18-11-12-21-19(14-18)7-5-10-23(21)29-17-24(27)28/h5-8,10,13,15,18H,2-4,9,11-12,14,16-17H2,1H3,(H,27,28)/b26-22-. The molecule has 1 atom stereocenters. The molecule has 1 aromatic carbocycles. The number of fused-ring (bicyclic) bond motifs is 1. The molecule has 1 aliphatic carbocycles. The Morgan fingerprint density at radius 1 is 1.27 bits per heavy atom. The maximum absolute atomic E-state index is 10.8. The van der Waals surface area contributed by atoms with Crippen LogP contribution in [0.1, 0.15) is 55.7 Å². The zero-order valence-corrected chi connectivity index (χ0v) is 17.5. The zero-order valence-electron chi connectivity index (χ0n) is 17.5. The van der Waals surface area contributed by atoms with Crippen LogP contribution in [0.3, 0.4) is 0 Å². The van der Waals surface area contributed by atoms with Gasteiger partial charge in [-0.25, -0.2) is 4.79 Å². The minimum atomic E-state index is -0.962. The van der Waals surface area contributed by atoms with Crippen LogP contribution in [0.4, 0.5) is 0 Å². The number of hydrogen-bond acceptors (Lipinski definition) is 5. The summed E-state index contributed by atoms with van der Waals surface area (Å²) in [6, 6.07) is 9.80. The molecule has 6 heteroatoms. The summed E-state index contributed by atoms with van der Waals surface area (Å²) in [7, 11) is 0. The Balaban J connectivity index is 1.59. The highest BCUT2D eigenvalue weighted by Crippen LogP contribution is 2.32. The molecular formula is C24H30N2O4. The number of benzene rings is 1. The third kappa shape index (κ3) is 6.31. The SMILES string of the molecule is CCCCC/C(=N/OCC1CCc2c(cccc2OCC(=O)O)C1)c1cccnc1. The normalized spacial score (nSPS) is 16.0. The first-order chi connectivity index (χ1) is 14.7. The van der Waals surface area contributed by atoms with Crippen molar-refractivity contribution >= 4 is 11.7 Å². The van der Waals surface area contributed by atoms with Crippen LogP contribution in [0.25, 0.3) is 0 Å². The molecule has 1 heterocycles. The fraction of sp³-hybridized carbons (Fsp3) is 0.458. The zero-order chi connectivity index (χ0) is 21.2. The van der Waals surface area contributed by atoms with Crippen molar-refractivity contribution in [3.05, 3.63) is 59.4 Å². The average molecular weight is 411 g/mol. The van der Waals surface area contributed by atoms with Gasteiger partial charge in [0.2, 0.25) is 0 Å². The molecule has 160 valence electrons. The summed E-state index contributed by atoms with van der Waals surface area (Å²) in [6.07, 6.45) is 10.6. The highest BCUT2D eigenvalue weighted by atomic mass is 16.6. The van der Waals surface area contributed by atoms with Gasteiger partial charge in [0.15, 0.2) is 6.61 Å². The van der Waals surface area contributed by atoms with Gasteiger partial charge in [-0.05, 0) is 61.4 Å². The fourth-order valence-corrected chi connectivity index (χ4v) is 3.80. The van der Waals surface area contributed by atoms with E-state index in [0.717, 1.165) is 48.9 Å². The Labute approximate surface area is 177 Å². The maximum atomic E-state index is 10.8. The number of aliphatic carboxylic acids is 1. The molecule has 2 aromatic rings. The Bertz CT molecular complexity index is 852. The highest BCUT2D eigenvalue weighted by Gasteiger charge is 2.22. The lowest BCUT2D eigenvalue weighted by molar-refractivity contribution is -0.139. The molecule has 1 aromatic heterocycles. The van der Waals surface area contributed by atoms with Gasteiger partial charge in [-0.2, -0.15) is 0 Å². The number of unbranched alkanes of at least 4 members (excludes halogenated alkanes) is 2. The lowest BCUT2D eigenvalue weighted by Crippen LogP contribution is -2.20. The van der Waals surface area contributed by atoms with Crippen molar-refractivity contribution in [1.29, 1.82) is 0 Å². The minimum Gasteiger partial charge on any atom is -0.482 e. The van der Waals surface area contributed by atoms with Gasteiger partial charge in [0.1, 0.15) is 12.4 Å². The van der Waals surface area contributed by atoms with Crippen LogP contribution >= 0.6 is 0 Å². The van der Waals surface area contributed by atoms with Crippen molar-refractivity contribution in [2.24, 2.45) is 11.1 Å². The molecule has 0 saturated carbocycles. The summed E-state index contributed by atoms with van der Waals surface area (Å²) < 4.78 is 5.45. The molecule has 6 nitrogen and oxygen atoms in total. The van der Waals surface area contributed by atoms with Crippen molar-refractivity contribution in [2.45, 2.75) is 51.9 Å². The summed E-state index contributed by atoms with van der Waals surface area (Å²) in [4.78, 5) is 20.8. The fourth-order valence-electron chi connectivity index (χ4n) is 3.80. The first-order valence-electron chi connectivity index (χ1n) is 10.7. The van der Waals surface area contributed by atoms with Crippen LogP contribution < -0.4 is 4.74 Å². The molecule has 1 unspecified atom stereocenters. The van der Waals surface area contributed by atoms with Crippen LogP contribution in [-0.4, -0.2) is 35.0 Å². The molecule has 0 spiro atoms. The van der Waals surface area contributed by atoms with Gasteiger partial charge in [-0.3, -0.25) is 4.98 Å². The lowest BCUT2D eigenvalue weighted by Gasteiger charge is -2.25. The molecule has 0 saturated heterocycles. The Morgan fingerprint density at radius 3 is 2.93 bits per heavy atom. The average Bonchev–Trinajstić information content (AvgIpc) is 2.77. The maximum Gasteiger partial charge on any atom is 0.341 e. The van der Waals surface area contributed by atoms with Gasteiger partial charge < -0.3 is 14.7 Å². The second-order valence-corrected chi connectivity index (χ2v) is 7.72. The summed E-state index contributed by atoms with van der Waals surface area (Å²) >= 11 is 0. The molecule has 0 amide bonds. The van der Waals surface area contributed by atoms with Crippen LogP contribution in [0.2, 0.25) is 0 Å². The van der Waals surface area contributed by atoms with Crippen LogP contribution in [0, 0.1) is 5.92 Å². The van der Waals surface area contributed by atoms with Crippen LogP contribution in [-0.2, 0) is 22.5 Å². The van der Waals surface area contributed by atoms with E-state index in [9.17, 15) is 4.79 Å². The Kier molecular flexibility index (Phi) is 8.24. The molecule has 0 aliphatic heterocycles. The van der Waals surface area contributed by atoms with Crippen molar-refractivity contribution < 1.29 is 19.5 Å². The van der Waals surface area contributed by atoms with Gasteiger partial charge in [0.05, 0.1) is 5.71 Å². The van der Waals surface area contributed by atoms with Gasteiger partial charge >= 0.3 is 5.97 Å². The largest absolute Gasteiger partial charge is 0.482 e.